The van der Waals surface area contributed by atoms with E-state index in [2.05, 4.69) is 10.2 Å². The van der Waals surface area contributed by atoms with E-state index in [4.69, 9.17) is 9.47 Å². The number of benzene rings is 2. The molecule has 1 aromatic heterocycles. The number of hydrogen-bond donors (Lipinski definition) is 1. The molecule has 1 saturated heterocycles. The van der Waals surface area contributed by atoms with E-state index in [1.165, 1.54) is 0 Å². The molecule has 27 heavy (non-hydrogen) atoms. The predicted molar refractivity (Wildman–Crippen MR) is 101 cm³/mol. The number of fused-ring (bicyclic) bond motifs is 2. The van der Waals surface area contributed by atoms with Crippen molar-refractivity contribution in [2.45, 2.75) is 25.8 Å². The van der Waals surface area contributed by atoms with Crippen LogP contribution in [0.25, 0.3) is 10.9 Å². The lowest BCUT2D eigenvalue weighted by atomic mass is 10.0. The first kappa shape index (κ1) is 16.2. The average molecular weight is 363 g/mol. The van der Waals surface area contributed by atoms with Gasteiger partial charge in [0.05, 0.1) is 11.6 Å². The zero-order valence-electron chi connectivity index (χ0n) is 15.2. The molecule has 0 spiro atoms. The van der Waals surface area contributed by atoms with Crippen molar-refractivity contribution in [2.24, 2.45) is 0 Å². The molecule has 6 heteroatoms. The lowest BCUT2D eigenvalue weighted by Gasteiger charge is -2.26. The summed E-state index contributed by atoms with van der Waals surface area (Å²) in [7, 11) is 0. The summed E-state index contributed by atoms with van der Waals surface area (Å²) in [5.41, 5.74) is 3.58. The number of nitrogens with zero attached hydrogens (tertiary/aromatic N) is 2. The highest BCUT2D eigenvalue weighted by Crippen LogP contribution is 2.39. The largest absolute Gasteiger partial charge is 0.486 e. The summed E-state index contributed by atoms with van der Waals surface area (Å²) in [4.78, 5) is 15.2. The zero-order chi connectivity index (χ0) is 18.4. The van der Waals surface area contributed by atoms with Crippen molar-refractivity contribution in [1.82, 2.24) is 15.1 Å². The molecule has 1 N–H and O–H groups in total. The first-order valence-corrected chi connectivity index (χ1v) is 9.36. The van der Waals surface area contributed by atoms with Gasteiger partial charge in [0.1, 0.15) is 13.2 Å². The van der Waals surface area contributed by atoms with Gasteiger partial charge in [0, 0.05) is 11.9 Å². The minimum atomic E-state index is -0.0239. The maximum absolute atomic E-state index is 13.3. The summed E-state index contributed by atoms with van der Waals surface area (Å²) < 4.78 is 11.3. The number of amides is 1. The van der Waals surface area contributed by atoms with Gasteiger partial charge in [-0.15, -0.1) is 0 Å². The van der Waals surface area contributed by atoms with Crippen LogP contribution < -0.4 is 9.47 Å². The van der Waals surface area contributed by atoms with Crippen LogP contribution in [0.3, 0.4) is 0 Å². The van der Waals surface area contributed by atoms with Crippen molar-refractivity contribution in [1.29, 1.82) is 0 Å². The normalized spacial score (nSPS) is 18.9. The molecule has 0 bridgehead atoms. The number of H-pyrrole nitrogens is 1. The molecule has 1 fully saturated rings. The second-order valence-corrected chi connectivity index (χ2v) is 7.18. The van der Waals surface area contributed by atoms with Crippen LogP contribution in [-0.2, 0) is 0 Å². The lowest BCUT2D eigenvalue weighted by Crippen LogP contribution is -2.31. The number of carbonyl (C=O) groups is 1. The van der Waals surface area contributed by atoms with Gasteiger partial charge in [-0.3, -0.25) is 9.89 Å². The van der Waals surface area contributed by atoms with E-state index in [1.807, 2.05) is 48.2 Å². The molecule has 1 amide bonds. The van der Waals surface area contributed by atoms with Crippen molar-refractivity contribution in [3.8, 4) is 11.5 Å². The van der Waals surface area contributed by atoms with Crippen LogP contribution in [0.2, 0.25) is 0 Å². The fourth-order valence-corrected chi connectivity index (χ4v) is 4.05. The Hall–Kier alpha value is -3.02. The molecule has 0 radical (unpaired) electrons. The third kappa shape index (κ3) is 2.72. The predicted octanol–water partition coefficient (Wildman–Crippen LogP) is 3.62. The highest BCUT2D eigenvalue weighted by atomic mass is 16.6. The number of aromatic nitrogens is 2. The Morgan fingerprint density at radius 2 is 2.00 bits per heavy atom. The minimum absolute atomic E-state index is 0.0239. The molecule has 138 valence electrons. The van der Waals surface area contributed by atoms with E-state index in [0.29, 0.717) is 18.9 Å². The third-order valence-electron chi connectivity index (χ3n) is 5.39. The molecule has 1 atom stereocenters. The molecule has 3 aromatic rings. The number of aryl methyl sites for hydroxylation is 1. The summed E-state index contributed by atoms with van der Waals surface area (Å²) in [6.45, 7) is 3.89. The summed E-state index contributed by atoms with van der Waals surface area (Å²) in [6, 6.07) is 12.0. The first-order valence-electron chi connectivity index (χ1n) is 9.36. The summed E-state index contributed by atoms with van der Waals surface area (Å²) in [6.07, 6.45) is 1.92. The maximum atomic E-state index is 13.3. The molecule has 6 nitrogen and oxygen atoms in total. The van der Waals surface area contributed by atoms with Gasteiger partial charge >= 0.3 is 0 Å². The molecule has 1 unspecified atom stereocenters. The van der Waals surface area contributed by atoms with E-state index in [9.17, 15) is 4.79 Å². The third-order valence-corrected chi connectivity index (χ3v) is 5.39. The summed E-state index contributed by atoms with van der Waals surface area (Å²) in [5, 5.41) is 8.18. The maximum Gasteiger partial charge on any atom is 0.275 e. The van der Waals surface area contributed by atoms with Gasteiger partial charge in [-0.25, -0.2) is 0 Å². The number of likely N-dealkylation sites (tertiary alicyclic amines) is 1. The summed E-state index contributed by atoms with van der Waals surface area (Å²) in [5.74, 6) is 1.51. The van der Waals surface area contributed by atoms with E-state index in [0.717, 1.165) is 52.9 Å². The molecule has 2 aliphatic heterocycles. The molecule has 0 saturated carbocycles. The van der Waals surface area contributed by atoms with E-state index >= 15 is 0 Å². The number of carbonyl (C=O) groups excluding carboxylic acids is 1. The van der Waals surface area contributed by atoms with Crippen molar-refractivity contribution in [2.75, 3.05) is 19.8 Å². The molecular formula is C21H21N3O3. The molecule has 0 aliphatic carbocycles. The number of hydrogen-bond acceptors (Lipinski definition) is 4. The van der Waals surface area contributed by atoms with Crippen LogP contribution in [0.15, 0.2) is 36.4 Å². The minimum Gasteiger partial charge on any atom is -0.486 e. The SMILES string of the molecule is Cc1ccc2[nH]nc(C(=O)N3CCCC3c3ccc4c(c3)OCCO4)c2c1. The highest BCUT2D eigenvalue weighted by Gasteiger charge is 2.33. The Balaban J connectivity index is 1.48. The van der Waals surface area contributed by atoms with Gasteiger partial charge in [0.25, 0.3) is 5.91 Å². The van der Waals surface area contributed by atoms with Crippen molar-refractivity contribution in [3.63, 3.8) is 0 Å². The van der Waals surface area contributed by atoms with Gasteiger partial charge in [-0.05, 0) is 49.6 Å². The number of aromatic amines is 1. The van der Waals surface area contributed by atoms with E-state index < -0.39 is 0 Å². The number of nitrogens with one attached hydrogen (secondary N) is 1. The second-order valence-electron chi connectivity index (χ2n) is 7.18. The fraction of sp³-hybridized carbons (Fsp3) is 0.333. The van der Waals surface area contributed by atoms with Crippen LogP contribution in [0.4, 0.5) is 0 Å². The van der Waals surface area contributed by atoms with E-state index in [-0.39, 0.29) is 11.9 Å². The molecule has 5 rings (SSSR count). The van der Waals surface area contributed by atoms with Gasteiger partial charge in [-0.2, -0.15) is 5.10 Å². The number of rotatable bonds is 2. The Kier molecular flexibility index (Phi) is 3.77. The van der Waals surface area contributed by atoms with Gasteiger partial charge in [-0.1, -0.05) is 17.7 Å². The Bertz CT molecular complexity index is 1030. The fourth-order valence-electron chi connectivity index (χ4n) is 4.05. The quantitative estimate of drug-likeness (QED) is 0.755. The average Bonchev–Trinajstić information content (AvgIpc) is 3.34. The van der Waals surface area contributed by atoms with Gasteiger partial charge in [0.15, 0.2) is 17.2 Å². The second kappa shape index (κ2) is 6.30. The van der Waals surface area contributed by atoms with Crippen LogP contribution in [0.1, 0.15) is 40.5 Å². The monoisotopic (exact) mass is 363 g/mol. The smallest absolute Gasteiger partial charge is 0.275 e. The van der Waals surface area contributed by atoms with Gasteiger partial charge in [0.2, 0.25) is 0 Å². The topological polar surface area (TPSA) is 67.5 Å². The number of ether oxygens (including phenoxy) is 2. The lowest BCUT2D eigenvalue weighted by molar-refractivity contribution is 0.0731. The Morgan fingerprint density at radius 3 is 2.89 bits per heavy atom. The standard InChI is InChI=1S/C21H21N3O3/c1-13-4-6-16-15(11-13)20(23-22-16)21(25)24-8-2-3-17(24)14-5-7-18-19(12-14)27-10-9-26-18/h4-7,11-12,17H,2-3,8-10H2,1H3,(H,22,23). The van der Waals surface area contributed by atoms with Crippen molar-refractivity contribution < 1.29 is 14.3 Å². The Labute approximate surface area is 157 Å². The molecule has 2 aromatic carbocycles. The van der Waals surface area contributed by atoms with E-state index in [1.54, 1.807) is 0 Å². The van der Waals surface area contributed by atoms with Crippen LogP contribution >= 0.6 is 0 Å². The van der Waals surface area contributed by atoms with Crippen molar-refractivity contribution in [3.05, 3.63) is 53.2 Å². The zero-order valence-corrected chi connectivity index (χ0v) is 15.2. The molecule has 2 aliphatic rings. The summed E-state index contributed by atoms with van der Waals surface area (Å²) >= 11 is 0. The highest BCUT2D eigenvalue weighted by molar-refractivity contribution is 6.05. The van der Waals surface area contributed by atoms with Gasteiger partial charge < -0.3 is 14.4 Å². The Morgan fingerprint density at radius 1 is 1.15 bits per heavy atom. The van der Waals surface area contributed by atoms with Crippen LogP contribution in [0, 0.1) is 6.92 Å². The molecule has 3 heterocycles. The first-order chi connectivity index (χ1) is 13.2. The molecular weight excluding hydrogens is 342 g/mol. The van der Waals surface area contributed by atoms with Crippen LogP contribution in [-0.4, -0.2) is 40.8 Å². The van der Waals surface area contributed by atoms with Crippen LogP contribution in [0.5, 0.6) is 11.5 Å². The van der Waals surface area contributed by atoms with Crippen molar-refractivity contribution >= 4 is 16.8 Å².